The minimum Gasteiger partial charge on any atom is -0.497 e. The van der Waals surface area contributed by atoms with Gasteiger partial charge in [-0.25, -0.2) is 4.79 Å². The van der Waals surface area contributed by atoms with Gasteiger partial charge in [0.25, 0.3) is 0 Å². The van der Waals surface area contributed by atoms with Gasteiger partial charge in [0, 0.05) is 18.5 Å². The van der Waals surface area contributed by atoms with Crippen molar-refractivity contribution in [3.63, 3.8) is 0 Å². The second-order valence-electron chi connectivity index (χ2n) is 6.32. The Morgan fingerprint density at radius 1 is 1.38 bits per heavy atom. The van der Waals surface area contributed by atoms with Gasteiger partial charge in [-0.05, 0) is 30.5 Å². The molecule has 1 aromatic carbocycles. The highest BCUT2D eigenvalue weighted by Gasteiger charge is 2.30. The minimum atomic E-state index is -0.142. The highest BCUT2D eigenvalue weighted by Crippen LogP contribution is 2.33. The molecule has 1 atom stereocenters. The monoisotopic (exact) mass is 329 g/mol. The van der Waals surface area contributed by atoms with Crippen molar-refractivity contribution in [3.05, 3.63) is 41.7 Å². The molecule has 128 valence electrons. The zero-order valence-electron chi connectivity index (χ0n) is 14.3. The van der Waals surface area contributed by atoms with E-state index in [1.165, 1.54) is 0 Å². The van der Waals surface area contributed by atoms with E-state index < -0.39 is 0 Å². The molecule has 2 heterocycles. The molecule has 1 aromatic heterocycles. The van der Waals surface area contributed by atoms with Crippen LogP contribution in [0, 0.1) is 0 Å². The fraction of sp³-hybridized carbons (Fsp3) is 0.444. The predicted molar refractivity (Wildman–Crippen MR) is 91.3 cm³/mol. The lowest BCUT2D eigenvalue weighted by molar-refractivity contribution is 0.207. The maximum Gasteiger partial charge on any atom is 0.323 e. The number of hydrogen-bond donors (Lipinski definition) is 1. The summed E-state index contributed by atoms with van der Waals surface area (Å²) < 4.78 is 10.4. The number of carbonyl (C=O) groups is 1. The summed E-state index contributed by atoms with van der Waals surface area (Å²) in [6, 6.07) is 9.60. The number of ether oxygens (including phenoxy) is 1. The molecule has 2 amide bonds. The van der Waals surface area contributed by atoms with Gasteiger partial charge in [0.1, 0.15) is 11.5 Å². The van der Waals surface area contributed by atoms with Crippen LogP contribution in [0.15, 0.2) is 34.9 Å². The minimum absolute atomic E-state index is 0.0763. The molecule has 0 bridgehead atoms. The van der Waals surface area contributed by atoms with Gasteiger partial charge < -0.3 is 14.2 Å². The molecule has 0 saturated carbocycles. The molecule has 1 fully saturated rings. The second kappa shape index (κ2) is 6.95. The van der Waals surface area contributed by atoms with Crippen LogP contribution in [-0.2, 0) is 0 Å². The number of nitrogens with zero attached hydrogens (tertiary/aromatic N) is 2. The number of aromatic nitrogens is 1. The number of carbonyl (C=O) groups excluding carboxylic acids is 1. The molecule has 1 saturated heterocycles. The van der Waals surface area contributed by atoms with Gasteiger partial charge in [0.2, 0.25) is 0 Å². The van der Waals surface area contributed by atoms with Crippen LogP contribution in [0.1, 0.15) is 50.0 Å². The molecular formula is C18H23N3O3. The molecule has 6 heteroatoms. The van der Waals surface area contributed by atoms with E-state index in [1.807, 2.05) is 43.0 Å². The lowest BCUT2D eigenvalue weighted by Gasteiger charge is -2.25. The third-order valence-electron chi connectivity index (χ3n) is 4.35. The lowest BCUT2D eigenvalue weighted by atomic mass is 10.0. The van der Waals surface area contributed by atoms with Crippen molar-refractivity contribution in [3.8, 4) is 5.75 Å². The third-order valence-corrected chi connectivity index (χ3v) is 4.35. The van der Waals surface area contributed by atoms with Crippen LogP contribution in [0.5, 0.6) is 5.75 Å². The number of hydrogen-bond acceptors (Lipinski definition) is 4. The molecule has 0 aliphatic carbocycles. The first-order chi connectivity index (χ1) is 11.6. The first-order valence-corrected chi connectivity index (χ1v) is 8.26. The predicted octanol–water partition coefficient (Wildman–Crippen LogP) is 4.18. The van der Waals surface area contributed by atoms with Crippen molar-refractivity contribution in [2.24, 2.45) is 0 Å². The maximum atomic E-state index is 12.6. The van der Waals surface area contributed by atoms with Gasteiger partial charge in [0.15, 0.2) is 5.82 Å². The number of benzene rings is 1. The number of urea groups is 1. The van der Waals surface area contributed by atoms with Crippen molar-refractivity contribution in [1.82, 2.24) is 10.1 Å². The third kappa shape index (κ3) is 3.37. The highest BCUT2D eigenvalue weighted by molar-refractivity contribution is 5.88. The van der Waals surface area contributed by atoms with E-state index >= 15 is 0 Å². The summed E-state index contributed by atoms with van der Waals surface area (Å²) in [5, 5.41) is 6.76. The molecule has 2 aromatic rings. The SMILES string of the molecule is COc1ccc(C2CCCN2C(=O)Nc2cc(C(C)C)on2)cc1. The molecule has 0 spiro atoms. The topological polar surface area (TPSA) is 67.6 Å². The van der Waals surface area contributed by atoms with Crippen LogP contribution in [0.2, 0.25) is 0 Å². The Bertz CT molecular complexity index is 694. The zero-order valence-corrected chi connectivity index (χ0v) is 14.3. The molecule has 1 aliphatic rings. The van der Waals surface area contributed by atoms with E-state index in [-0.39, 0.29) is 18.0 Å². The summed E-state index contributed by atoms with van der Waals surface area (Å²) in [6.07, 6.45) is 1.94. The molecule has 0 radical (unpaired) electrons. The van der Waals surface area contributed by atoms with E-state index in [0.29, 0.717) is 5.82 Å². The summed E-state index contributed by atoms with van der Waals surface area (Å²) >= 11 is 0. The van der Waals surface area contributed by atoms with E-state index in [1.54, 1.807) is 13.2 Å². The Morgan fingerprint density at radius 3 is 2.75 bits per heavy atom. The first-order valence-electron chi connectivity index (χ1n) is 8.26. The van der Waals surface area contributed by atoms with Gasteiger partial charge in [-0.3, -0.25) is 5.32 Å². The highest BCUT2D eigenvalue weighted by atomic mass is 16.5. The number of nitrogens with one attached hydrogen (secondary N) is 1. The summed E-state index contributed by atoms with van der Waals surface area (Å²) in [5.41, 5.74) is 1.12. The van der Waals surface area contributed by atoms with Crippen LogP contribution in [0.4, 0.5) is 10.6 Å². The molecule has 6 nitrogen and oxygen atoms in total. The van der Waals surface area contributed by atoms with Crippen LogP contribution >= 0.6 is 0 Å². The van der Waals surface area contributed by atoms with Gasteiger partial charge in [-0.1, -0.05) is 31.1 Å². The van der Waals surface area contributed by atoms with Crippen molar-refractivity contribution in [2.75, 3.05) is 19.0 Å². The standard InChI is InChI=1S/C18H23N3O3/c1-12(2)16-11-17(20-24-16)19-18(22)21-10-4-5-15(21)13-6-8-14(23-3)9-7-13/h6-9,11-12,15H,4-5,10H2,1-3H3,(H,19,20,22). The fourth-order valence-electron chi connectivity index (χ4n) is 2.98. The quantitative estimate of drug-likeness (QED) is 0.914. The maximum absolute atomic E-state index is 12.6. The molecule has 1 aliphatic heterocycles. The first kappa shape index (κ1) is 16.4. The summed E-state index contributed by atoms with van der Waals surface area (Å²) in [7, 11) is 1.65. The van der Waals surface area contributed by atoms with Gasteiger partial charge in [-0.2, -0.15) is 0 Å². The molecule has 24 heavy (non-hydrogen) atoms. The summed E-state index contributed by atoms with van der Waals surface area (Å²) in [4.78, 5) is 14.5. The number of amides is 2. The molecule has 3 rings (SSSR count). The normalized spacial score (nSPS) is 17.3. The Kier molecular flexibility index (Phi) is 4.74. The van der Waals surface area contributed by atoms with Crippen LogP contribution in [-0.4, -0.2) is 29.7 Å². The van der Waals surface area contributed by atoms with E-state index in [9.17, 15) is 4.79 Å². The smallest absolute Gasteiger partial charge is 0.323 e. The summed E-state index contributed by atoms with van der Waals surface area (Å²) in [6.45, 7) is 4.77. The Morgan fingerprint density at radius 2 is 2.12 bits per heavy atom. The van der Waals surface area contributed by atoms with Crippen LogP contribution < -0.4 is 10.1 Å². The van der Waals surface area contributed by atoms with Gasteiger partial charge in [0.05, 0.1) is 13.2 Å². The second-order valence-corrected chi connectivity index (χ2v) is 6.32. The van der Waals surface area contributed by atoms with Crippen molar-refractivity contribution < 1.29 is 14.1 Å². The van der Waals surface area contributed by atoms with E-state index in [2.05, 4.69) is 10.5 Å². The van der Waals surface area contributed by atoms with E-state index in [4.69, 9.17) is 9.26 Å². The number of methoxy groups -OCH3 is 1. The van der Waals surface area contributed by atoms with E-state index in [0.717, 1.165) is 36.5 Å². The lowest BCUT2D eigenvalue weighted by Crippen LogP contribution is -2.34. The average molecular weight is 329 g/mol. The molecule has 1 unspecified atom stereocenters. The van der Waals surface area contributed by atoms with Gasteiger partial charge >= 0.3 is 6.03 Å². The Hall–Kier alpha value is -2.50. The molecular weight excluding hydrogens is 306 g/mol. The zero-order chi connectivity index (χ0) is 17.1. The van der Waals surface area contributed by atoms with Crippen LogP contribution in [0.25, 0.3) is 0 Å². The summed E-state index contributed by atoms with van der Waals surface area (Å²) in [5.74, 6) is 2.28. The van der Waals surface area contributed by atoms with Crippen molar-refractivity contribution in [2.45, 2.75) is 38.6 Å². The van der Waals surface area contributed by atoms with Crippen molar-refractivity contribution >= 4 is 11.8 Å². The molecule has 1 N–H and O–H groups in total. The number of anilines is 1. The van der Waals surface area contributed by atoms with Crippen LogP contribution in [0.3, 0.4) is 0 Å². The number of rotatable bonds is 4. The number of likely N-dealkylation sites (tertiary alicyclic amines) is 1. The average Bonchev–Trinajstić information content (AvgIpc) is 3.24. The Balaban J connectivity index is 1.70. The fourth-order valence-corrected chi connectivity index (χ4v) is 2.98. The van der Waals surface area contributed by atoms with Gasteiger partial charge in [-0.15, -0.1) is 0 Å². The Labute approximate surface area is 141 Å². The van der Waals surface area contributed by atoms with Crippen molar-refractivity contribution in [1.29, 1.82) is 0 Å². The largest absolute Gasteiger partial charge is 0.497 e.